The van der Waals surface area contributed by atoms with E-state index in [1.165, 1.54) is 6.39 Å². The minimum atomic E-state index is 0.282. The Balaban J connectivity index is 1.71. The van der Waals surface area contributed by atoms with Crippen molar-refractivity contribution in [2.24, 2.45) is 0 Å². The van der Waals surface area contributed by atoms with Gasteiger partial charge in [0.1, 0.15) is 5.76 Å². The summed E-state index contributed by atoms with van der Waals surface area (Å²) in [5.74, 6) is 1.52. The van der Waals surface area contributed by atoms with Gasteiger partial charge in [-0.05, 0) is 49.7 Å². The number of furan rings is 1. The smallest absolute Gasteiger partial charge is 0.247 e. The van der Waals surface area contributed by atoms with E-state index in [0.717, 1.165) is 29.0 Å². The van der Waals surface area contributed by atoms with Gasteiger partial charge in [-0.3, -0.25) is 0 Å². The fourth-order valence-corrected chi connectivity index (χ4v) is 2.30. The highest BCUT2D eigenvalue weighted by Gasteiger charge is 2.09. The first-order valence-electron chi connectivity index (χ1n) is 6.88. The van der Waals surface area contributed by atoms with Crippen molar-refractivity contribution < 1.29 is 8.83 Å². The molecule has 0 aliphatic rings. The van der Waals surface area contributed by atoms with Crippen molar-refractivity contribution >= 4 is 5.69 Å². The minimum Gasteiger partial charge on any atom is -0.469 e. The van der Waals surface area contributed by atoms with Crippen LogP contribution in [-0.4, -0.2) is 16.2 Å². The molecule has 0 aliphatic carbocycles. The van der Waals surface area contributed by atoms with E-state index in [-0.39, 0.29) is 6.04 Å². The summed E-state index contributed by atoms with van der Waals surface area (Å²) in [7, 11) is 0. The van der Waals surface area contributed by atoms with Crippen molar-refractivity contribution in [3.63, 3.8) is 0 Å². The molecule has 2 aromatic heterocycles. The van der Waals surface area contributed by atoms with E-state index < -0.39 is 0 Å². The Labute approximate surface area is 123 Å². The first-order valence-corrected chi connectivity index (χ1v) is 6.88. The molecular formula is C16H17N3O2. The van der Waals surface area contributed by atoms with Gasteiger partial charge in [-0.1, -0.05) is 0 Å². The van der Waals surface area contributed by atoms with Crippen molar-refractivity contribution in [3.05, 3.63) is 54.3 Å². The number of nitrogens with zero attached hydrogens (tertiary/aromatic N) is 2. The molecule has 0 spiro atoms. The third kappa shape index (κ3) is 3.13. The Morgan fingerprint density at radius 3 is 2.81 bits per heavy atom. The Hall–Kier alpha value is -2.56. The molecule has 21 heavy (non-hydrogen) atoms. The number of aromatic nitrogens is 2. The molecule has 108 valence electrons. The molecule has 0 amide bonds. The molecule has 0 saturated heterocycles. The Bertz CT molecular complexity index is 690. The zero-order chi connectivity index (χ0) is 14.7. The molecule has 1 unspecified atom stereocenters. The monoisotopic (exact) mass is 283 g/mol. The van der Waals surface area contributed by atoms with Crippen LogP contribution < -0.4 is 5.32 Å². The van der Waals surface area contributed by atoms with Gasteiger partial charge in [-0.15, -0.1) is 10.2 Å². The third-order valence-corrected chi connectivity index (χ3v) is 3.32. The molecule has 5 heteroatoms. The number of hydrogen-bond acceptors (Lipinski definition) is 5. The number of aryl methyl sites for hydroxylation is 1. The van der Waals surface area contributed by atoms with Crippen LogP contribution in [0.2, 0.25) is 0 Å². The Morgan fingerprint density at radius 1 is 1.24 bits per heavy atom. The van der Waals surface area contributed by atoms with E-state index in [1.54, 1.807) is 6.26 Å². The van der Waals surface area contributed by atoms with Crippen LogP contribution in [0.1, 0.15) is 18.2 Å². The average molecular weight is 283 g/mol. The first-order chi connectivity index (χ1) is 10.2. The second kappa shape index (κ2) is 5.83. The largest absolute Gasteiger partial charge is 0.469 e. The Kier molecular flexibility index (Phi) is 3.73. The summed E-state index contributed by atoms with van der Waals surface area (Å²) < 4.78 is 10.6. The minimum absolute atomic E-state index is 0.282. The molecule has 1 atom stereocenters. The molecular weight excluding hydrogens is 266 g/mol. The molecule has 3 rings (SSSR count). The van der Waals surface area contributed by atoms with E-state index in [1.807, 2.05) is 30.3 Å². The summed E-state index contributed by atoms with van der Waals surface area (Å²) in [5, 5.41) is 11.1. The fourth-order valence-electron chi connectivity index (χ4n) is 2.30. The molecule has 0 radical (unpaired) electrons. The second-order valence-electron chi connectivity index (χ2n) is 5.10. The lowest BCUT2D eigenvalue weighted by Crippen LogP contribution is -2.18. The topological polar surface area (TPSA) is 64.1 Å². The summed E-state index contributed by atoms with van der Waals surface area (Å²) in [6, 6.07) is 10.2. The maximum Gasteiger partial charge on any atom is 0.247 e. The predicted molar refractivity (Wildman–Crippen MR) is 80.0 cm³/mol. The van der Waals surface area contributed by atoms with Crippen LogP contribution in [0.3, 0.4) is 0 Å². The van der Waals surface area contributed by atoms with E-state index in [9.17, 15) is 0 Å². The van der Waals surface area contributed by atoms with Gasteiger partial charge >= 0.3 is 0 Å². The summed E-state index contributed by atoms with van der Waals surface area (Å²) >= 11 is 0. The molecule has 0 fully saturated rings. The third-order valence-electron chi connectivity index (χ3n) is 3.32. The number of anilines is 1. The van der Waals surface area contributed by atoms with Gasteiger partial charge in [0, 0.05) is 23.7 Å². The molecule has 5 nitrogen and oxygen atoms in total. The van der Waals surface area contributed by atoms with Gasteiger partial charge < -0.3 is 14.2 Å². The number of hydrogen-bond donors (Lipinski definition) is 1. The molecule has 1 aromatic carbocycles. The highest BCUT2D eigenvalue weighted by atomic mass is 16.4. The Morgan fingerprint density at radius 2 is 2.14 bits per heavy atom. The molecule has 2 heterocycles. The van der Waals surface area contributed by atoms with Crippen LogP contribution in [0, 0.1) is 6.92 Å². The molecule has 0 saturated carbocycles. The fraction of sp³-hybridized carbons (Fsp3) is 0.250. The summed E-state index contributed by atoms with van der Waals surface area (Å²) in [6.07, 6.45) is 3.88. The molecule has 0 aliphatic heterocycles. The molecule has 1 N–H and O–H groups in total. The lowest BCUT2D eigenvalue weighted by atomic mass is 10.1. The van der Waals surface area contributed by atoms with Gasteiger partial charge in [-0.25, -0.2) is 0 Å². The van der Waals surface area contributed by atoms with Gasteiger partial charge in [0.25, 0.3) is 0 Å². The first kappa shape index (κ1) is 13.4. The SMILES string of the molecule is Cc1cc(-c2nnco2)ccc1NC(C)Cc1ccco1. The van der Waals surface area contributed by atoms with Crippen LogP contribution in [0.15, 0.2) is 51.8 Å². The summed E-state index contributed by atoms with van der Waals surface area (Å²) in [6.45, 7) is 4.19. The standard InChI is InChI=1S/C16H17N3O2/c1-11-8-13(16-19-17-10-21-16)5-6-15(11)18-12(2)9-14-4-3-7-20-14/h3-8,10,12,18H,9H2,1-2H3. The van der Waals surface area contributed by atoms with E-state index >= 15 is 0 Å². The van der Waals surface area contributed by atoms with Crippen LogP contribution in [0.4, 0.5) is 5.69 Å². The summed E-state index contributed by atoms with van der Waals surface area (Å²) in [4.78, 5) is 0. The van der Waals surface area contributed by atoms with Crippen molar-refractivity contribution in [2.75, 3.05) is 5.32 Å². The quantitative estimate of drug-likeness (QED) is 0.773. The number of rotatable bonds is 5. The van der Waals surface area contributed by atoms with Crippen LogP contribution in [0.25, 0.3) is 11.5 Å². The highest BCUT2D eigenvalue weighted by Crippen LogP contribution is 2.24. The maximum atomic E-state index is 5.37. The number of nitrogens with one attached hydrogen (secondary N) is 1. The van der Waals surface area contributed by atoms with Crippen molar-refractivity contribution in [2.45, 2.75) is 26.3 Å². The van der Waals surface area contributed by atoms with E-state index in [4.69, 9.17) is 8.83 Å². The maximum absolute atomic E-state index is 5.37. The van der Waals surface area contributed by atoms with Gasteiger partial charge in [0.2, 0.25) is 12.3 Å². The highest BCUT2D eigenvalue weighted by molar-refractivity contribution is 5.62. The summed E-state index contributed by atoms with van der Waals surface area (Å²) in [5.41, 5.74) is 3.16. The van der Waals surface area contributed by atoms with Crippen LogP contribution in [-0.2, 0) is 6.42 Å². The van der Waals surface area contributed by atoms with Gasteiger partial charge in [-0.2, -0.15) is 0 Å². The normalized spacial score (nSPS) is 12.3. The lowest BCUT2D eigenvalue weighted by Gasteiger charge is -2.16. The van der Waals surface area contributed by atoms with Crippen molar-refractivity contribution in [3.8, 4) is 11.5 Å². The van der Waals surface area contributed by atoms with Gasteiger partial charge in [0.15, 0.2) is 0 Å². The average Bonchev–Trinajstić information content (AvgIpc) is 3.13. The van der Waals surface area contributed by atoms with Crippen molar-refractivity contribution in [1.29, 1.82) is 0 Å². The van der Waals surface area contributed by atoms with Crippen molar-refractivity contribution in [1.82, 2.24) is 10.2 Å². The number of benzene rings is 1. The van der Waals surface area contributed by atoms with Crippen LogP contribution >= 0.6 is 0 Å². The van der Waals surface area contributed by atoms with Gasteiger partial charge in [0.05, 0.1) is 6.26 Å². The second-order valence-corrected chi connectivity index (χ2v) is 5.10. The van der Waals surface area contributed by atoms with E-state index in [0.29, 0.717) is 5.89 Å². The zero-order valence-electron chi connectivity index (χ0n) is 12.0. The lowest BCUT2D eigenvalue weighted by molar-refractivity contribution is 0.498. The zero-order valence-corrected chi connectivity index (χ0v) is 12.0. The van der Waals surface area contributed by atoms with E-state index in [2.05, 4.69) is 29.4 Å². The molecule has 3 aromatic rings. The predicted octanol–water partition coefficient (Wildman–Crippen LogP) is 3.68. The molecule has 0 bridgehead atoms. The van der Waals surface area contributed by atoms with Crippen LogP contribution in [0.5, 0.6) is 0 Å².